The fraction of sp³-hybridized carbons (Fsp3) is 0.103. The van der Waals surface area contributed by atoms with Crippen molar-refractivity contribution in [2.24, 2.45) is 0 Å². The Hall–Kier alpha value is -4.96. The first-order chi connectivity index (χ1) is 17.5. The Bertz CT molecular complexity index is 1450. The minimum atomic E-state index is -0.988. The van der Waals surface area contributed by atoms with Gasteiger partial charge in [-0.3, -0.25) is 9.78 Å². The van der Waals surface area contributed by atoms with Crippen LogP contribution in [0, 0.1) is 11.8 Å². The zero-order chi connectivity index (χ0) is 25.3. The number of ether oxygens (including phenoxy) is 1. The van der Waals surface area contributed by atoms with Gasteiger partial charge in [0.2, 0.25) is 0 Å². The molecule has 0 saturated carbocycles. The van der Waals surface area contributed by atoms with Crippen molar-refractivity contribution in [1.29, 1.82) is 0 Å². The Morgan fingerprint density at radius 1 is 0.972 bits per heavy atom. The Balaban J connectivity index is 1.39. The number of hydrogen-bond acceptors (Lipinski definition) is 5. The molecule has 0 unspecified atom stereocenters. The summed E-state index contributed by atoms with van der Waals surface area (Å²) in [6, 6.07) is 19.6. The van der Waals surface area contributed by atoms with Gasteiger partial charge in [0.05, 0.1) is 18.9 Å². The van der Waals surface area contributed by atoms with Crippen molar-refractivity contribution in [2.45, 2.75) is 13.0 Å². The van der Waals surface area contributed by atoms with E-state index in [2.05, 4.69) is 33.2 Å². The number of hydrogen-bond donors (Lipinski definition) is 2. The van der Waals surface area contributed by atoms with Crippen LogP contribution in [-0.2, 0) is 13.0 Å². The number of carbonyl (C=O) groups excluding carboxylic acids is 1. The van der Waals surface area contributed by atoms with E-state index in [0.29, 0.717) is 23.4 Å². The molecule has 7 nitrogen and oxygen atoms in total. The van der Waals surface area contributed by atoms with Gasteiger partial charge in [0.15, 0.2) is 0 Å². The van der Waals surface area contributed by atoms with Gasteiger partial charge in [-0.05, 0) is 52.9 Å². The van der Waals surface area contributed by atoms with E-state index in [1.165, 1.54) is 12.1 Å². The highest BCUT2D eigenvalue weighted by Gasteiger charge is 2.08. The highest BCUT2D eigenvalue weighted by molar-refractivity contribution is 5.94. The van der Waals surface area contributed by atoms with Crippen LogP contribution in [0.2, 0.25) is 0 Å². The minimum absolute atomic E-state index is 0.200. The summed E-state index contributed by atoms with van der Waals surface area (Å²) >= 11 is 0. The Kier molecular flexibility index (Phi) is 7.69. The van der Waals surface area contributed by atoms with Crippen molar-refractivity contribution in [2.75, 3.05) is 7.11 Å². The molecule has 0 bridgehead atoms. The highest BCUT2D eigenvalue weighted by Crippen LogP contribution is 2.29. The first kappa shape index (κ1) is 24.2. The maximum Gasteiger partial charge on any atom is 0.335 e. The van der Waals surface area contributed by atoms with Crippen molar-refractivity contribution >= 4 is 11.9 Å². The number of carbonyl (C=O) groups is 2. The fourth-order valence-electron chi connectivity index (χ4n) is 3.56. The van der Waals surface area contributed by atoms with Crippen molar-refractivity contribution in [3.05, 3.63) is 113 Å². The number of amides is 1. The molecule has 0 radical (unpaired) electrons. The van der Waals surface area contributed by atoms with Crippen molar-refractivity contribution in [1.82, 2.24) is 15.3 Å². The SMILES string of the molecule is COc1cnccc1-c1cccc(CC#Cc2cc(C(=O)NCc3ccc(C(=O)O)cc3)ccn2)c1. The van der Waals surface area contributed by atoms with Crippen LogP contribution < -0.4 is 10.1 Å². The Morgan fingerprint density at radius 2 is 1.81 bits per heavy atom. The van der Waals surface area contributed by atoms with Crippen LogP contribution in [0.1, 0.15) is 37.5 Å². The second kappa shape index (κ2) is 11.4. The van der Waals surface area contributed by atoms with E-state index in [-0.39, 0.29) is 18.0 Å². The fourth-order valence-corrected chi connectivity index (χ4v) is 3.56. The molecule has 0 aliphatic carbocycles. The molecule has 178 valence electrons. The van der Waals surface area contributed by atoms with E-state index in [0.717, 1.165) is 22.3 Å². The van der Waals surface area contributed by atoms with E-state index in [9.17, 15) is 9.59 Å². The number of aromatic carboxylic acids is 1. The number of pyridine rings is 2. The third-order valence-corrected chi connectivity index (χ3v) is 5.43. The van der Waals surface area contributed by atoms with Crippen LogP contribution in [-0.4, -0.2) is 34.1 Å². The predicted octanol–water partition coefficient (Wildman–Crippen LogP) is 4.37. The van der Waals surface area contributed by atoms with Gasteiger partial charge in [-0.2, -0.15) is 0 Å². The summed E-state index contributed by atoms with van der Waals surface area (Å²) < 4.78 is 5.41. The molecule has 1 amide bonds. The number of aromatic nitrogens is 2. The van der Waals surface area contributed by atoms with Crippen molar-refractivity contribution < 1.29 is 19.4 Å². The highest BCUT2D eigenvalue weighted by atomic mass is 16.5. The lowest BCUT2D eigenvalue weighted by atomic mass is 10.0. The summed E-state index contributed by atoms with van der Waals surface area (Å²) in [6.45, 7) is 0.278. The molecule has 4 aromatic rings. The molecule has 0 saturated heterocycles. The average molecular weight is 478 g/mol. The summed E-state index contributed by atoms with van der Waals surface area (Å²) in [6.07, 6.45) is 5.49. The van der Waals surface area contributed by atoms with Gasteiger partial charge >= 0.3 is 5.97 Å². The second-order valence-electron chi connectivity index (χ2n) is 7.87. The van der Waals surface area contributed by atoms with Gasteiger partial charge in [0.1, 0.15) is 11.4 Å². The van der Waals surface area contributed by atoms with Gasteiger partial charge in [0, 0.05) is 36.5 Å². The molecule has 36 heavy (non-hydrogen) atoms. The lowest BCUT2D eigenvalue weighted by Gasteiger charge is -2.08. The predicted molar refractivity (Wildman–Crippen MR) is 136 cm³/mol. The molecule has 2 aromatic heterocycles. The minimum Gasteiger partial charge on any atom is -0.494 e. The van der Waals surface area contributed by atoms with Crippen LogP contribution in [0.4, 0.5) is 0 Å². The summed E-state index contributed by atoms with van der Waals surface area (Å²) in [5, 5.41) is 11.8. The zero-order valence-corrected chi connectivity index (χ0v) is 19.6. The van der Waals surface area contributed by atoms with Gasteiger partial charge in [-0.15, -0.1) is 0 Å². The van der Waals surface area contributed by atoms with Gasteiger partial charge < -0.3 is 15.2 Å². The van der Waals surface area contributed by atoms with E-state index in [1.54, 1.807) is 50.0 Å². The Morgan fingerprint density at radius 3 is 2.58 bits per heavy atom. The standard InChI is InChI=1S/C29H23N3O4/c1-36-27-19-30-14-13-26(27)23-6-2-4-20(16-23)5-3-7-25-17-24(12-15-31-25)28(33)32-18-21-8-10-22(11-9-21)29(34)35/h2,4,6,8-17,19H,5,18H2,1H3,(H,32,33)(H,34,35). The third-order valence-electron chi connectivity index (χ3n) is 5.43. The van der Waals surface area contributed by atoms with Crippen LogP contribution in [0.5, 0.6) is 5.75 Å². The molecule has 0 aliphatic rings. The van der Waals surface area contributed by atoms with Gasteiger partial charge in [-0.25, -0.2) is 9.78 Å². The van der Waals surface area contributed by atoms with Gasteiger partial charge in [0.25, 0.3) is 5.91 Å². The lowest BCUT2D eigenvalue weighted by Crippen LogP contribution is -2.23. The van der Waals surface area contributed by atoms with Crippen molar-refractivity contribution in [3.8, 4) is 28.7 Å². The number of rotatable bonds is 7. The van der Waals surface area contributed by atoms with E-state index < -0.39 is 5.97 Å². The molecule has 0 spiro atoms. The Labute approximate surface area is 208 Å². The summed E-state index contributed by atoms with van der Waals surface area (Å²) in [7, 11) is 1.62. The average Bonchev–Trinajstić information content (AvgIpc) is 2.92. The molecule has 0 aliphatic heterocycles. The maximum atomic E-state index is 12.6. The van der Waals surface area contributed by atoms with E-state index >= 15 is 0 Å². The van der Waals surface area contributed by atoms with Crippen LogP contribution >= 0.6 is 0 Å². The largest absolute Gasteiger partial charge is 0.494 e. The molecule has 2 aromatic carbocycles. The van der Waals surface area contributed by atoms with Crippen LogP contribution in [0.25, 0.3) is 11.1 Å². The molecule has 2 heterocycles. The molecule has 0 fully saturated rings. The molecule has 0 atom stereocenters. The molecule has 4 rings (SSSR count). The third kappa shape index (κ3) is 6.13. The monoisotopic (exact) mass is 477 g/mol. The topological polar surface area (TPSA) is 101 Å². The zero-order valence-electron chi connectivity index (χ0n) is 19.6. The molecular formula is C29H23N3O4. The number of nitrogens with one attached hydrogen (secondary N) is 1. The number of carboxylic acids is 1. The van der Waals surface area contributed by atoms with Gasteiger partial charge in [-0.1, -0.05) is 42.3 Å². The molecular weight excluding hydrogens is 454 g/mol. The summed E-state index contributed by atoms with van der Waals surface area (Å²) in [5.41, 5.74) is 4.97. The second-order valence-corrected chi connectivity index (χ2v) is 7.87. The first-order valence-corrected chi connectivity index (χ1v) is 11.2. The van der Waals surface area contributed by atoms with E-state index in [4.69, 9.17) is 9.84 Å². The normalized spacial score (nSPS) is 10.1. The van der Waals surface area contributed by atoms with E-state index in [1.807, 2.05) is 24.3 Å². The number of benzene rings is 2. The van der Waals surface area contributed by atoms with Crippen molar-refractivity contribution in [3.63, 3.8) is 0 Å². The van der Waals surface area contributed by atoms with Crippen LogP contribution in [0.15, 0.2) is 85.3 Å². The summed E-state index contributed by atoms with van der Waals surface area (Å²) in [5.74, 6) is 5.61. The number of nitrogens with zero attached hydrogens (tertiary/aromatic N) is 2. The number of carboxylic acid groups (broad SMARTS) is 1. The summed E-state index contributed by atoms with van der Waals surface area (Å²) in [4.78, 5) is 31.9. The molecule has 2 N–H and O–H groups in total. The first-order valence-electron chi connectivity index (χ1n) is 11.2. The quantitative estimate of drug-likeness (QED) is 0.383. The smallest absolute Gasteiger partial charge is 0.335 e. The maximum absolute atomic E-state index is 12.6. The number of methoxy groups -OCH3 is 1. The lowest BCUT2D eigenvalue weighted by molar-refractivity contribution is 0.0696. The molecule has 7 heteroatoms. The van der Waals surface area contributed by atoms with Crippen LogP contribution in [0.3, 0.4) is 0 Å².